The second-order valence-corrected chi connectivity index (χ2v) is 4.83. The number of amides is 3. The maximum absolute atomic E-state index is 12.0. The van der Waals surface area contributed by atoms with Gasteiger partial charge in [-0.25, -0.2) is 14.6 Å². The summed E-state index contributed by atoms with van der Waals surface area (Å²) in [5, 5.41) is 13.4. The van der Waals surface area contributed by atoms with Gasteiger partial charge in [-0.2, -0.15) is 0 Å². The third kappa shape index (κ3) is 4.44. The number of hydrogen-bond acceptors (Lipinski definition) is 5. The molecule has 3 aromatic rings. The van der Waals surface area contributed by atoms with Gasteiger partial charge in [-0.3, -0.25) is 10.1 Å². The minimum absolute atomic E-state index is 0. The zero-order chi connectivity index (χ0) is 17.1. The Labute approximate surface area is 163 Å². The molecule has 0 atom stereocenters. The summed E-state index contributed by atoms with van der Waals surface area (Å²) in [6, 6.07) is 9.41. The van der Waals surface area contributed by atoms with E-state index in [1.807, 2.05) is 0 Å². The van der Waals surface area contributed by atoms with Gasteiger partial charge in [0.15, 0.2) is 12.0 Å². The predicted molar refractivity (Wildman–Crippen MR) is 91.0 cm³/mol. The molecular weight excluding hydrogens is 337 g/mol. The van der Waals surface area contributed by atoms with Gasteiger partial charge in [0.2, 0.25) is 0 Å². The first kappa shape index (κ1) is 18.7. The fourth-order valence-electron chi connectivity index (χ4n) is 2.03. The Morgan fingerprint density at radius 1 is 1.00 bits per heavy atom. The molecule has 0 aliphatic heterocycles. The molecule has 1 heterocycles. The van der Waals surface area contributed by atoms with E-state index >= 15 is 0 Å². The van der Waals surface area contributed by atoms with Crippen molar-refractivity contribution in [3.8, 4) is 0 Å². The summed E-state index contributed by atoms with van der Waals surface area (Å²) in [5.41, 5.74) is 1.74. The first-order chi connectivity index (χ1) is 11.5. The third-order valence-electron chi connectivity index (χ3n) is 3.21. The van der Waals surface area contributed by atoms with Crippen molar-refractivity contribution in [3.63, 3.8) is 0 Å². The normalized spacial score (nSPS) is 9.92. The van der Waals surface area contributed by atoms with Gasteiger partial charge in [0.1, 0.15) is 5.52 Å². The Morgan fingerprint density at radius 2 is 1.68 bits per heavy atom. The SMILES string of the molecule is O=C(NC(=O)c1ccc2ncoc2c1)Nc1ccc(C(=O)O)cc1.[NaH]. The van der Waals surface area contributed by atoms with Crippen molar-refractivity contribution in [2.24, 2.45) is 0 Å². The Balaban J connectivity index is 0.00000225. The molecule has 0 radical (unpaired) electrons. The van der Waals surface area contributed by atoms with Gasteiger partial charge >= 0.3 is 41.6 Å². The van der Waals surface area contributed by atoms with Crippen molar-refractivity contribution in [3.05, 3.63) is 60.0 Å². The average molecular weight is 349 g/mol. The molecule has 8 nitrogen and oxygen atoms in total. The number of carbonyl (C=O) groups is 3. The van der Waals surface area contributed by atoms with E-state index in [9.17, 15) is 14.4 Å². The van der Waals surface area contributed by atoms with Crippen LogP contribution in [0.3, 0.4) is 0 Å². The topological polar surface area (TPSA) is 122 Å². The standard InChI is InChI=1S/C16H11N3O5.Na.H/c20-14(10-3-6-12-13(7-10)24-8-17-12)19-16(23)18-11-4-1-9(2-5-11)15(21)22;;/h1-8H,(H,21,22)(H2,18,19,20,23);;. The van der Waals surface area contributed by atoms with E-state index in [2.05, 4.69) is 15.6 Å². The van der Waals surface area contributed by atoms with Crippen LogP contribution in [-0.4, -0.2) is 57.6 Å². The summed E-state index contributed by atoms with van der Waals surface area (Å²) >= 11 is 0. The molecular formula is C16H12N3NaO5. The monoisotopic (exact) mass is 349 g/mol. The number of oxazole rings is 1. The molecule has 0 saturated heterocycles. The van der Waals surface area contributed by atoms with Crippen molar-refractivity contribution >= 4 is 64.3 Å². The Hall–Kier alpha value is -2.68. The predicted octanol–water partition coefficient (Wildman–Crippen LogP) is 1.84. The van der Waals surface area contributed by atoms with Crippen LogP contribution in [0.15, 0.2) is 53.3 Å². The van der Waals surface area contributed by atoms with E-state index in [0.29, 0.717) is 16.8 Å². The Kier molecular flexibility index (Phi) is 5.92. The summed E-state index contributed by atoms with van der Waals surface area (Å²) in [6.07, 6.45) is 1.26. The van der Waals surface area contributed by atoms with E-state index in [0.717, 1.165) is 0 Å². The van der Waals surface area contributed by atoms with Crippen LogP contribution in [0.25, 0.3) is 11.1 Å². The number of aromatic nitrogens is 1. The number of carbonyl (C=O) groups excluding carboxylic acids is 2. The molecule has 3 rings (SSSR count). The summed E-state index contributed by atoms with van der Waals surface area (Å²) in [5.74, 6) is -1.67. The quantitative estimate of drug-likeness (QED) is 0.620. The van der Waals surface area contributed by atoms with Gasteiger partial charge in [0, 0.05) is 11.3 Å². The minimum atomic E-state index is -1.07. The van der Waals surface area contributed by atoms with Crippen molar-refractivity contribution in [1.29, 1.82) is 0 Å². The second-order valence-electron chi connectivity index (χ2n) is 4.83. The van der Waals surface area contributed by atoms with E-state index < -0.39 is 17.9 Å². The fraction of sp³-hybridized carbons (Fsp3) is 0. The first-order valence-corrected chi connectivity index (χ1v) is 6.82. The van der Waals surface area contributed by atoms with Gasteiger partial charge in [0.05, 0.1) is 5.56 Å². The fourth-order valence-corrected chi connectivity index (χ4v) is 2.03. The Bertz CT molecular complexity index is 936. The molecule has 0 aliphatic carbocycles. The summed E-state index contributed by atoms with van der Waals surface area (Å²) in [7, 11) is 0. The number of benzene rings is 2. The zero-order valence-corrected chi connectivity index (χ0v) is 12.1. The van der Waals surface area contributed by atoms with Crippen molar-refractivity contribution in [1.82, 2.24) is 10.3 Å². The molecule has 2 aromatic carbocycles. The van der Waals surface area contributed by atoms with Gasteiger partial charge in [0.25, 0.3) is 5.91 Å². The number of aromatic carboxylic acids is 1. The number of carboxylic acids is 1. The summed E-state index contributed by atoms with van der Waals surface area (Å²) in [6.45, 7) is 0. The number of nitrogens with zero attached hydrogens (tertiary/aromatic N) is 1. The number of nitrogens with one attached hydrogen (secondary N) is 2. The molecule has 9 heteroatoms. The first-order valence-electron chi connectivity index (χ1n) is 6.82. The molecule has 25 heavy (non-hydrogen) atoms. The van der Waals surface area contributed by atoms with Crippen LogP contribution in [0.5, 0.6) is 0 Å². The number of urea groups is 1. The molecule has 122 valence electrons. The van der Waals surface area contributed by atoms with E-state index in [-0.39, 0.29) is 40.7 Å². The van der Waals surface area contributed by atoms with Crippen molar-refractivity contribution in [2.45, 2.75) is 0 Å². The summed E-state index contributed by atoms with van der Waals surface area (Å²) < 4.78 is 5.10. The van der Waals surface area contributed by atoms with Crippen LogP contribution in [0, 0.1) is 0 Å². The average Bonchev–Trinajstić information content (AvgIpc) is 3.02. The number of carboxylic acid groups (broad SMARTS) is 1. The van der Waals surface area contributed by atoms with Crippen LogP contribution >= 0.6 is 0 Å². The molecule has 1 aromatic heterocycles. The van der Waals surface area contributed by atoms with Crippen molar-refractivity contribution < 1.29 is 23.9 Å². The van der Waals surface area contributed by atoms with Crippen LogP contribution in [-0.2, 0) is 0 Å². The molecule has 0 fully saturated rings. The molecule has 3 amide bonds. The number of hydrogen-bond donors (Lipinski definition) is 3. The molecule has 0 aliphatic rings. The number of fused-ring (bicyclic) bond motifs is 1. The Morgan fingerprint density at radius 3 is 2.36 bits per heavy atom. The second kappa shape index (κ2) is 7.93. The molecule has 0 bridgehead atoms. The van der Waals surface area contributed by atoms with E-state index in [4.69, 9.17) is 9.52 Å². The molecule has 0 spiro atoms. The van der Waals surface area contributed by atoms with Crippen LogP contribution in [0.4, 0.5) is 10.5 Å². The van der Waals surface area contributed by atoms with Gasteiger partial charge < -0.3 is 14.8 Å². The molecule has 3 N–H and O–H groups in total. The summed E-state index contributed by atoms with van der Waals surface area (Å²) in [4.78, 5) is 38.6. The van der Waals surface area contributed by atoms with Crippen molar-refractivity contribution in [2.75, 3.05) is 5.32 Å². The van der Waals surface area contributed by atoms with Gasteiger partial charge in [-0.15, -0.1) is 0 Å². The van der Waals surface area contributed by atoms with Gasteiger partial charge in [-0.1, -0.05) is 0 Å². The van der Waals surface area contributed by atoms with Gasteiger partial charge in [-0.05, 0) is 42.5 Å². The third-order valence-corrected chi connectivity index (χ3v) is 3.21. The number of rotatable bonds is 3. The molecule has 0 unspecified atom stereocenters. The van der Waals surface area contributed by atoms with Crippen LogP contribution in [0.2, 0.25) is 0 Å². The number of imide groups is 1. The van der Waals surface area contributed by atoms with E-state index in [1.54, 1.807) is 6.07 Å². The maximum atomic E-state index is 12.0. The zero-order valence-electron chi connectivity index (χ0n) is 12.1. The number of anilines is 1. The molecule has 0 saturated carbocycles. The van der Waals surface area contributed by atoms with Crippen LogP contribution < -0.4 is 10.6 Å². The van der Waals surface area contributed by atoms with E-state index in [1.165, 1.54) is 42.8 Å². The van der Waals surface area contributed by atoms with Crippen LogP contribution in [0.1, 0.15) is 20.7 Å².